The van der Waals surface area contributed by atoms with Gasteiger partial charge in [-0.25, -0.2) is 0 Å². The van der Waals surface area contributed by atoms with E-state index in [2.05, 4.69) is 0 Å². The van der Waals surface area contributed by atoms with Gasteiger partial charge in [0, 0.05) is 17.9 Å². The van der Waals surface area contributed by atoms with Gasteiger partial charge in [0.05, 0.1) is 0 Å². The van der Waals surface area contributed by atoms with Crippen molar-refractivity contribution < 1.29 is 17.7 Å². The minimum absolute atomic E-state index is 0.620. The van der Waals surface area contributed by atoms with E-state index in [0.29, 0.717) is 0 Å². The summed E-state index contributed by atoms with van der Waals surface area (Å²) in [6.07, 6.45) is -4.46. The molecule has 0 rings (SSSR count). The summed E-state index contributed by atoms with van der Waals surface area (Å²) in [6.45, 7) is 4.13. The first kappa shape index (κ1) is 14.0. The second-order valence-electron chi connectivity index (χ2n) is 3.83. The molecule has 0 spiro atoms. The van der Waals surface area contributed by atoms with Gasteiger partial charge in [-0.3, -0.25) is 0 Å². The molecule has 3 N–H and O–H groups in total. The van der Waals surface area contributed by atoms with Gasteiger partial charge in [-0.2, -0.15) is 13.2 Å². The van der Waals surface area contributed by atoms with Crippen LogP contribution in [0, 0.1) is 0 Å². The van der Waals surface area contributed by atoms with Crippen molar-refractivity contribution in [2.24, 2.45) is 5.73 Å². The monoisotopic (exact) mass is 232 g/mol. The Kier molecular flexibility index (Phi) is 4.70. The van der Waals surface area contributed by atoms with Crippen LogP contribution >= 0.6 is 0 Å². The van der Waals surface area contributed by atoms with Crippen LogP contribution in [0.3, 0.4) is 0 Å². The van der Waals surface area contributed by atoms with E-state index in [4.69, 9.17) is 5.73 Å². The molecule has 0 aromatic heterocycles. The third-order valence-electron chi connectivity index (χ3n) is 1.44. The molecule has 0 aromatic rings. The van der Waals surface area contributed by atoms with Crippen LogP contribution in [-0.4, -0.2) is 28.1 Å². The van der Waals surface area contributed by atoms with Crippen molar-refractivity contribution in [2.75, 3.05) is 6.54 Å². The largest absolute Gasteiger partial charge is 0.598 e. The van der Waals surface area contributed by atoms with Crippen LogP contribution in [0.2, 0.25) is 0 Å². The van der Waals surface area contributed by atoms with Crippen LogP contribution in [0.1, 0.15) is 20.8 Å². The molecule has 0 unspecified atom stereocenters. The molecule has 0 amide bonds. The highest BCUT2D eigenvalue weighted by atomic mass is 32.2. The highest BCUT2D eigenvalue weighted by Gasteiger charge is 2.43. The average molecular weight is 232 g/mol. The number of alkyl halides is 3. The van der Waals surface area contributed by atoms with Crippen molar-refractivity contribution in [1.82, 2.24) is 4.72 Å². The van der Waals surface area contributed by atoms with Gasteiger partial charge in [-0.15, -0.1) is 4.72 Å². The zero-order valence-corrected chi connectivity index (χ0v) is 9.13. The lowest BCUT2D eigenvalue weighted by Crippen LogP contribution is -2.53. The van der Waals surface area contributed by atoms with Crippen LogP contribution in [0.4, 0.5) is 13.2 Å². The van der Waals surface area contributed by atoms with Crippen molar-refractivity contribution >= 4 is 11.4 Å². The summed E-state index contributed by atoms with van der Waals surface area (Å²) in [5.74, 6) is 0. The topological polar surface area (TPSA) is 61.1 Å². The predicted octanol–water partition coefficient (Wildman–Crippen LogP) is 0.928. The molecular weight excluding hydrogens is 217 g/mol. The average Bonchev–Trinajstić information content (AvgIpc) is 1.95. The highest BCUT2D eigenvalue weighted by molar-refractivity contribution is 7.90. The van der Waals surface area contributed by atoms with Crippen molar-refractivity contribution in [3.63, 3.8) is 0 Å². The van der Waals surface area contributed by atoms with Gasteiger partial charge in [0.25, 0.3) is 0 Å². The summed E-state index contributed by atoms with van der Waals surface area (Å²) < 4.78 is 49.1. The van der Waals surface area contributed by atoms with Gasteiger partial charge in [0.1, 0.15) is 4.75 Å². The van der Waals surface area contributed by atoms with Crippen molar-refractivity contribution in [3.05, 3.63) is 0 Å². The molecule has 0 aliphatic rings. The zero-order valence-electron chi connectivity index (χ0n) is 8.31. The molecule has 0 aliphatic heterocycles. The van der Waals surface area contributed by atoms with Gasteiger partial charge in [0.2, 0.25) is 0 Å². The van der Waals surface area contributed by atoms with Gasteiger partial charge < -0.3 is 10.3 Å². The van der Waals surface area contributed by atoms with Gasteiger partial charge in [-0.1, -0.05) is 0 Å². The quantitative estimate of drug-likeness (QED) is 0.711. The van der Waals surface area contributed by atoms with E-state index in [-0.39, 0.29) is 0 Å². The standard InChI is InChI=1S/C7H15F3N2OS/c1-6(2,3)14(13)12-5(4-11)7(8,9)10/h5,12H,4,11H2,1-3H3/t5-,14-/m1/s1. The number of hydrogen-bond donors (Lipinski definition) is 2. The number of hydrogen-bond acceptors (Lipinski definition) is 3. The summed E-state index contributed by atoms with van der Waals surface area (Å²) in [5.41, 5.74) is 4.93. The first-order chi connectivity index (χ1) is 6.09. The van der Waals surface area contributed by atoms with Crippen molar-refractivity contribution in [1.29, 1.82) is 0 Å². The fourth-order valence-electron chi connectivity index (χ4n) is 0.555. The molecule has 0 saturated carbocycles. The molecule has 3 nitrogen and oxygen atoms in total. The lowest BCUT2D eigenvalue weighted by Gasteiger charge is -2.28. The predicted molar refractivity (Wildman–Crippen MR) is 49.9 cm³/mol. The van der Waals surface area contributed by atoms with E-state index in [1.165, 1.54) is 0 Å². The fraction of sp³-hybridized carbons (Fsp3) is 1.00. The Hall–Kier alpha value is 0.0200. The number of halogens is 3. The van der Waals surface area contributed by atoms with Gasteiger partial charge >= 0.3 is 6.18 Å². The van der Waals surface area contributed by atoms with E-state index in [9.17, 15) is 17.7 Å². The molecule has 0 radical (unpaired) electrons. The van der Waals surface area contributed by atoms with E-state index >= 15 is 0 Å². The molecule has 7 heteroatoms. The maximum atomic E-state index is 12.2. The summed E-state index contributed by atoms with van der Waals surface area (Å²) in [6, 6.07) is -1.91. The molecule has 0 bridgehead atoms. The lowest BCUT2D eigenvalue weighted by molar-refractivity contribution is -0.148. The summed E-state index contributed by atoms with van der Waals surface area (Å²) in [5, 5.41) is 0. The van der Waals surface area contributed by atoms with Crippen molar-refractivity contribution in [2.45, 2.75) is 37.7 Å². The normalized spacial score (nSPS) is 18.0. The molecule has 0 aromatic carbocycles. The molecular formula is C7H15F3N2OS. The number of nitrogens with two attached hydrogens (primary N) is 1. The molecule has 0 fully saturated rings. The Morgan fingerprint density at radius 1 is 1.36 bits per heavy atom. The number of nitrogens with one attached hydrogen (secondary N) is 1. The third kappa shape index (κ3) is 4.50. The van der Waals surface area contributed by atoms with Gasteiger partial charge in [-0.05, 0) is 20.8 Å². The first-order valence-electron chi connectivity index (χ1n) is 4.04. The van der Waals surface area contributed by atoms with Gasteiger partial charge in [0.15, 0.2) is 6.04 Å². The first-order valence-corrected chi connectivity index (χ1v) is 5.19. The second kappa shape index (κ2) is 4.69. The molecule has 2 atom stereocenters. The third-order valence-corrected chi connectivity index (χ3v) is 3.05. The van der Waals surface area contributed by atoms with Crippen LogP contribution in [0.25, 0.3) is 0 Å². The molecule has 86 valence electrons. The minimum atomic E-state index is -4.46. The Morgan fingerprint density at radius 3 is 2.00 bits per heavy atom. The number of rotatable bonds is 3. The summed E-state index contributed by atoms with van der Waals surface area (Å²) in [7, 11) is 0. The van der Waals surface area contributed by atoms with Crippen LogP contribution in [0.5, 0.6) is 0 Å². The zero-order chi connectivity index (χ0) is 11.6. The van der Waals surface area contributed by atoms with Crippen molar-refractivity contribution in [3.8, 4) is 0 Å². The van der Waals surface area contributed by atoms with E-state index in [0.717, 1.165) is 0 Å². The van der Waals surface area contributed by atoms with Crippen LogP contribution in [-0.2, 0) is 11.4 Å². The smallest absolute Gasteiger partial charge is 0.409 e. The Balaban J connectivity index is 4.34. The highest BCUT2D eigenvalue weighted by Crippen LogP contribution is 2.22. The lowest BCUT2D eigenvalue weighted by atomic mass is 10.3. The van der Waals surface area contributed by atoms with E-state index < -0.39 is 34.9 Å². The minimum Gasteiger partial charge on any atom is -0.598 e. The molecule has 0 saturated heterocycles. The van der Waals surface area contributed by atoms with E-state index in [1.54, 1.807) is 20.8 Å². The Labute approximate surface area is 84.5 Å². The SMILES string of the molecule is CC(C)(C)[S@@+]([O-])N[C@H](CN)C(F)(F)F. The maximum Gasteiger partial charge on any atom is 0.409 e. The fourth-order valence-corrected chi connectivity index (χ4v) is 1.40. The Morgan fingerprint density at radius 2 is 1.79 bits per heavy atom. The molecule has 0 heterocycles. The van der Waals surface area contributed by atoms with E-state index in [1.807, 2.05) is 4.72 Å². The second-order valence-corrected chi connectivity index (χ2v) is 5.83. The Bertz CT molecular complexity index is 181. The molecule has 0 aliphatic carbocycles. The van der Waals surface area contributed by atoms with Crippen LogP contribution < -0.4 is 10.5 Å². The van der Waals surface area contributed by atoms with Crippen LogP contribution in [0.15, 0.2) is 0 Å². The maximum absolute atomic E-state index is 12.2. The molecule has 14 heavy (non-hydrogen) atoms. The summed E-state index contributed by atoms with van der Waals surface area (Å²) in [4.78, 5) is 0. The summed E-state index contributed by atoms with van der Waals surface area (Å²) >= 11 is -1.76.